The van der Waals surface area contributed by atoms with Crippen LogP contribution >= 0.6 is 23.8 Å². The summed E-state index contributed by atoms with van der Waals surface area (Å²) in [6, 6.07) is 21.9. The molecule has 1 fully saturated rings. The average Bonchev–Trinajstić information content (AvgIpc) is 2.89. The van der Waals surface area contributed by atoms with Gasteiger partial charge in [0.05, 0.1) is 12.1 Å². The second-order valence-electron chi connectivity index (χ2n) is 7.95. The molecule has 1 heterocycles. The minimum Gasteiger partial charge on any atom is -0.495 e. The zero-order chi connectivity index (χ0) is 24.8. The summed E-state index contributed by atoms with van der Waals surface area (Å²) in [5.41, 5.74) is 2.91. The standard InChI is InChI=1S/C26H25ClN4O3S/c1-34-23-12-7-19(17-22(23)27)24(32)29-26(35)28-20-8-10-21(11-9-20)30-13-15-31(16-14-30)25(33)18-5-3-2-4-6-18/h2-12,17H,13-16H2,1H3,(H2,28,29,32,35). The molecule has 0 aromatic heterocycles. The molecule has 0 bridgehead atoms. The number of ether oxygens (including phenoxy) is 1. The third-order valence-corrected chi connectivity index (χ3v) is 6.22. The van der Waals surface area contributed by atoms with Crippen LogP contribution in [0.3, 0.4) is 0 Å². The van der Waals surface area contributed by atoms with Crippen molar-refractivity contribution in [2.45, 2.75) is 0 Å². The first-order chi connectivity index (χ1) is 16.9. The Hall–Kier alpha value is -3.62. The van der Waals surface area contributed by atoms with Gasteiger partial charge in [-0.05, 0) is 66.8 Å². The van der Waals surface area contributed by atoms with Gasteiger partial charge in [0.15, 0.2) is 5.11 Å². The monoisotopic (exact) mass is 508 g/mol. The van der Waals surface area contributed by atoms with Crippen molar-refractivity contribution in [3.63, 3.8) is 0 Å². The molecule has 1 saturated heterocycles. The fourth-order valence-electron chi connectivity index (χ4n) is 3.83. The van der Waals surface area contributed by atoms with Crippen LogP contribution in [0.25, 0.3) is 0 Å². The van der Waals surface area contributed by atoms with Crippen molar-refractivity contribution < 1.29 is 14.3 Å². The highest BCUT2D eigenvalue weighted by Crippen LogP contribution is 2.25. The minimum atomic E-state index is -0.369. The van der Waals surface area contributed by atoms with Crippen LogP contribution in [0.5, 0.6) is 5.75 Å². The molecule has 9 heteroatoms. The maximum atomic E-state index is 12.6. The van der Waals surface area contributed by atoms with Crippen LogP contribution in [0.4, 0.5) is 11.4 Å². The lowest BCUT2D eigenvalue weighted by molar-refractivity contribution is 0.0746. The van der Waals surface area contributed by atoms with Crippen LogP contribution in [-0.2, 0) is 0 Å². The smallest absolute Gasteiger partial charge is 0.257 e. The molecule has 1 aliphatic heterocycles. The summed E-state index contributed by atoms with van der Waals surface area (Å²) < 4.78 is 5.10. The molecular formula is C26H25ClN4O3S. The number of hydrogen-bond acceptors (Lipinski definition) is 5. The Morgan fingerprint density at radius 1 is 0.914 bits per heavy atom. The third kappa shape index (κ3) is 6.09. The lowest BCUT2D eigenvalue weighted by atomic mass is 10.1. The first-order valence-electron chi connectivity index (χ1n) is 11.1. The van der Waals surface area contributed by atoms with E-state index in [1.807, 2.05) is 59.5 Å². The molecule has 180 valence electrons. The number of methoxy groups -OCH3 is 1. The highest BCUT2D eigenvalue weighted by molar-refractivity contribution is 7.80. The highest BCUT2D eigenvalue weighted by atomic mass is 35.5. The number of halogens is 1. The van der Waals surface area contributed by atoms with Crippen molar-refractivity contribution in [1.82, 2.24) is 10.2 Å². The maximum absolute atomic E-state index is 12.6. The summed E-state index contributed by atoms with van der Waals surface area (Å²) in [5, 5.41) is 6.20. The summed E-state index contributed by atoms with van der Waals surface area (Å²) in [5.74, 6) is 0.192. The summed E-state index contributed by atoms with van der Waals surface area (Å²) in [6.45, 7) is 2.84. The van der Waals surface area contributed by atoms with Gasteiger partial charge in [0, 0.05) is 48.7 Å². The van der Waals surface area contributed by atoms with Crippen molar-refractivity contribution in [2.24, 2.45) is 0 Å². The van der Waals surface area contributed by atoms with Gasteiger partial charge < -0.3 is 19.9 Å². The molecule has 0 spiro atoms. The van der Waals surface area contributed by atoms with E-state index in [0.29, 0.717) is 29.4 Å². The summed E-state index contributed by atoms with van der Waals surface area (Å²) in [6.07, 6.45) is 0. The fourth-order valence-corrected chi connectivity index (χ4v) is 4.30. The molecule has 7 nitrogen and oxygen atoms in total. The predicted octanol–water partition coefficient (Wildman–Crippen LogP) is 4.44. The third-order valence-electron chi connectivity index (χ3n) is 5.72. The number of rotatable bonds is 5. The van der Waals surface area contributed by atoms with E-state index in [1.165, 1.54) is 13.2 Å². The summed E-state index contributed by atoms with van der Waals surface area (Å²) >= 11 is 11.4. The number of nitrogens with one attached hydrogen (secondary N) is 2. The highest BCUT2D eigenvalue weighted by Gasteiger charge is 2.22. The minimum absolute atomic E-state index is 0.0669. The molecule has 35 heavy (non-hydrogen) atoms. The van der Waals surface area contributed by atoms with E-state index in [-0.39, 0.29) is 16.9 Å². The van der Waals surface area contributed by atoms with Gasteiger partial charge in [-0.2, -0.15) is 0 Å². The van der Waals surface area contributed by atoms with Gasteiger partial charge in [0.1, 0.15) is 5.75 Å². The predicted molar refractivity (Wildman–Crippen MR) is 143 cm³/mol. The number of hydrogen-bond donors (Lipinski definition) is 2. The van der Waals surface area contributed by atoms with Gasteiger partial charge in [-0.3, -0.25) is 14.9 Å². The SMILES string of the molecule is COc1ccc(C(=O)NC(=S)Nc2ccc(N3CCN(C(=O)c4ccccc4)CC3)cc2)cc1Cl. The molecule has 0 radical (unpaired) electrons. The molecule has 0 aliphatic carbocycles. The van der Waals surface area contributed by atoms with Crippen molar-refractivity contribution >= 4 is 52.1 Å². The Labute approximate surface area is 214 Å². The first kappa shape index (κ1) is 24.5. The van der Waals surface area contributed by atoms with Gasteiger partial charge in [0.25, 0.3) is 11.8 Å². The number of anilines is 2. The van der Waals surface area contributed by atoms with E-state index < -0.39 is 0 Å². The summed E-state index contributed by atoms with van der Waals surface area (Å²) in [4.78, 5) is 29.2. The molecule has 3 aromatic carbocycles. The van der Waals surface area contributed by atoms with Gasteiger partial charge in [-0.25, -0.2) is 0 Å². The number of thiocarbonyl (C=S) groups is 1. The van der Waals surface area contributed by atoms with E-state index in [4.69, 9.17) is 28.6 Å². The molecule has 0 unspecified atom stereocenters. The van der Waals surface area contributed by atoms with E-state index >= 15 is 0 Å². The normalized spacial score (nSPS) is 13.2. The van der Waals surface area contributed by atoms with E-state index in [9.17, 15) is 9.59 Å². The van der Waals surface area contributed by atoms with E-state index in [1.54, 1.807) is 12.1 Å². The van der Waals surface area contributed by atoms with Crippen molar-refractivity contribution in [3.8, 4) is 5.75 Å². The first-order valence-corrected chi connectivity index (χ1v) is 11.9. The lowest BCUT2D eigenvalue weighted by Crippen LogP contribution is -2.48. The molecule has 0 atom stereocenters. The number of piperazine rings is 1. The fraction of sp³-hybridized carbons (Fsp3) is 0.192. The molecule has 4 rings (SSSR count). The van der Waals surface area contributed by atoms with Crippen LogP contribution in [0.2, 0.25) is 5.02 Å². The summed E-state index contributed by atoms with van der Waals surface area (Å²) in [7, 11) is 1.51. The van der Waals surface area contributed by atoms with E-state index in [0.717, 1.165) is 30.0 Å². The largest absolute Gasteiger partial charge is 0.495 e. The number of amides is 2. The number of carbonyl (C=O) groups excluding carboxylic acids is 2. The van der Waals surface area contributed by atoms with Crippen molar-refractivity contribution in [2.75, 3.05) is 43.5 Å². The molecule has 1 aliphatic rings. The van der Waals surface area contributed by atoms with Gasteiger partial charge >= 0.3 is 0 Å². The quantitative estimate of drug-likeness (QED) is 0.496. The van der Waals surface area contributed by atoms with Gasteiger partial charge in [-0.1, -0.05) is 29.8 Å². The molecule has 2 N–H and O–H groups in total. The van der Waals surface area contributed by atoms with Crippen LogP contribution < -0.4 is 20.3 Å². The van der Waals surface area contributed by atoms with Crippen molar-refractivity contribution in [3.05, 3.63) is 88.9 Å². The van der Waals surface area contributed by atoms with Crippen LogP contribution in [0.1, 0.15) is 20.7 Å². The van der Waals surface area contributed by atoms with E-state index in [2.05, 4.69) is 15.5 Å². The molecule has 3 aromatic rings. The number of nitrogens with zero attached hydrogens (tertiary/aromatic N) is 2. The molecule has 0 saturated carbocycles. The van der Waals surface area contributed by atoms with Crippen LogP contribution in [0, 0.1) is 0 Å². The Balaban J connectivity index is 1.28. The molecular weight excluding hydrogens is 484 g/mol. The lowest BCUT2D eigenvalue weighted by Gasteiger charge is -2.36. The van der Waals surface area contributed by atoms with Crippen molar-refractivity contribution in [1.29, 1.82) is 0 Å². The van der Waals surface area contributed by atoms with Gasteiger partial charge in [-0.15, -0.1) is 0 Å². The number of benzene rings is 3. The Kier molecular flexibility index (Phi) is 7.84. The Bertz CT molecular complexity index is 1210. The average molecular weight is 509 g/mol. The second-order valence-corrected chi connectivity index (χ2v) is 8.77. The topological polar surface area (TPSA) is 73.9 Å². The number of carbonyl (C=O) groups is 2. The zero-order valence-electron chi connectivity index (χ0n) is 19.2. The maximum Gasteiger partial charge on any atom is 0.257 e. The van der Waals surface area contributed by atoms with Crippen LogP contribution in [-0.4, -0.2) is 55.1 Å². The Morgan fingerprint density at radius 3 is 2.23 bits per heavy atom. The second kappa shape index (κ2) is 11.2. The Morgan fingerprint density at radius 2 is 1.60 bits per heavy atom. The zero-order valence-corrected chi connectivity index (χ0v) is 20.7. The van der Waals surface area contributed by atoms with Crippen LogP contribution in [0.15, 0.2) is 72.8 Å². The van der Waals surface area contributed by atoms with Gasteiger partial charge in [0.2, 0.25) is 0 Å². The molecule has 2 amide bonds.